The van der Waals surface area contributed by atoms with Crippen LogP contribution in [-0.4, -0.2) is 46.3 Å². The van der Waals surface area contributed by atoms with E-state index in [1.54, 1.807) is 0 Å². The number of aromatic nitrogens is 2. The van der Waals surface area contributed by atoms with Crippen LogP contribution in [0.25, 0.3) is 0 Å². The van der Waals surface area contributed by atoms with Gasteiger partial charge in [-0.05, 0) is 19.3 Å². The van der Waals surface area contributed by atoms with E-state index < -0.39 is 17.8 Å². The normalized spacial score (nSPS) is 21.9. The number of halogens is 3. The molecular weight excluding hydrogens is 275 g/mol. The number of H-pyrrole nitrogens is 1. The minimum absolute atomic E-state index is 0.0977. The lowest BCUT2D eigenvalue weighted by Crippen LogP contribution is -2.53. The number of carbonyl (C=O) groups is 1. The summed E-state index contributed by atoms with van der Waals surface area (Å²) in [5, 5.41) is 5.32. The van der Waals surface area contributed by atoms with Crippen molar-refractivity contribution in [3.05, 3.63) is 17.5 Å². The molecule has 0 saturated carbocycles. The number of carbonyl (C=O) groups excluding carboxylic acids is 1. The summed E-state index contributed by atoms with van der Waals surface area (Å²) in [5.74, 6) is -0.467. The molecule has 2 fully saturated rings. The van der Waals surface area contributed by atoms with Crippen LogP contribution in [0.5, 0.6) is 0 Å². The van der Waals surface area contributed by atoms with Crippen molar-refractivity contribution < 1.29 is 22.7 Å². The van der Waals surface area contributed by atoms with Crippen LogP contribution < -0.4 is 0 Å². The molecule has 2 saturated heterocycles. The summed E-state index contributed by atoms with van der Waals surface area (Å²) in [6.45, 7) is 1.74. The van der Waals surface area contributed by atoms with Gasteiger partial charge in [-0.15, -0.1) is 0 Å². The highest BCUT2D eigenvalue weighted by Crippen LogP contribution is 2.37. The third-order valence-electron chi connectivity index (χ3n) is 4.03. The first-order valence-electron chi connectivity index (χ1n) is 6.46. The van der Waals surface area contributed by atoms with Crippen LogP contribution in [0.2, 0.25) is 0 Å². The number of hydrogen-bond donors (Lipinski definition) is 1. The number of nitrogens with one attached hydrogen (secondary N) is 1. The smallest absolute Gasteiger partial charge is 0.375 e. The van der Waals surface area contributed by atoms with Crippen molar-refractivity contribution in [1.29, 1.82) is 0 Å². The Morgan fingerprint density at radius 1 is 1.35 bits per heavy atom. The van der Waals surface area contributed by atoms with Crippen LogP contribution in [0.4, 0.5) is 13.2 Å². The molecular formula is C12H14F3N3O2. The number of amides is 1. The van der Waals surface area contributed by atoms with Gasteiger partial charge in [-0.25, -0.2) is 0 Å². The summed E-state index contributed by atoms with van der Waals surface area (Å²) in [6, 6.07) is 0.757. The zero-order valence-corrected chi connectivity index (χ0v) is 10.7. The Balaban J connectivity index is 1.66. The van der Waals surface area contributed by atoms with Gasteiger partial charge in [-0.3, -0.25) is 9.89 Å². The second kappa shape index (κ2) is 4.47. The third-order valence-corrected chi connectivity index (χ3v) is 4.03. The van der Waals surface area contributed by atoms with E-state index in [9.17, 15) is 18.0 Å². The van der Waals surface area contributed by atoms with E-state index in [1.807, 2.05) is 5.10 Å². The zero-order chi connectivity index (χ0) is 14.4. The first kappa shape index (κ1) is 13.4. The fourth-order valence-electron chi connectivity index (χ4n) is 2.64. The van der Waals surface area contributed by atoms with E-state index >= 15 is 0 Å². The molecule has 1 spiro atoms. The Bertz CT molecular complexity index is 512. The standard InChI is InChI=1S/C12H14F3N3O2/c13-12(14,15)9-7-8(16-17-9)10(19)18-4-1-11(2-5-18)3-6-20-11/h7H,1-6H2,(H,16,17). The summed E-state index contributed by atoms with van der Waals surface area (Å²) in [5.41, 5.74) is -1.29. The van der Waals surface area contributed by atoms with E-state index in [4.69, 9.17) is 4.74 Å². The average molecular weight is 289 g/mol. The van der Waals surface area contributed by atoms with E-state index in [2.05, 4.69) is 5.10 Å². The molecule has 0 unspecified atom stereocenters. The molecule has 20 heavy (non-hydrogen) atoms. The molecule has 0 atom stereocenters. The van der Waals surface area contributed by atoms with Gasteiger partial charge in [0.2, 0.25) is 0 Å². The molecule has 3 rings (SSSR count). The van der Waals surface area contributed by atoms with Crippen molar-refractivity contribution in [3.63, 3.8) is 0 Å². The number of hydrogen-bond acceptors (Lipinski definition) is 3. The lowest BCUT2D eigenvalue weighted by molar-refractivity contribution is -0.169. The number of piperidine rings is 1. The molecule has 1 aromatic rings. The van der Waals surface area contributed by atoms with Gasteiger partial charge in [0.25, 0.3) is 5.91 Å². The van der Waals surface area contributed by atoms with Crippen molar-refractivity contribution >= 4 is 5.91 Å². The van der Waals surface area contributed by atoms with E-state index in [-0.39, 0.29) is 11.3 Å². The molecule has 8 heteroatoms. The minimum Gasteiger partial charge on any atom is -0.375 e. The van der Waals surface area contributed by atoms with Crippen molar-refractivity contribution in [2.75, 3.05) is 19.7 Å². The van der Waals surface area contributed by atoms with Gasteiger partial charge in [0.05, 0.1) is 12.2 Å². The average Bonchev–Trinajstić information content (AvgIpc) is 2.85. The molecule has 110 valence electrons. The molecule has 5 nitrogen and oxygen atoms in total. The molecule has 0 aromatic carbocycles. The highest BCUT2D eigenvalue weighted by atomic mass is 19.4. The quantitative estimate of drug-likeness (QED) is 0.858. The highest BCUT2D eigenvalue weighted by Gasteiger charge is 2.42. The molecule has 1 aromatic heterocycles. The minimum atomic E-state index is -4.52. The summed E-state index contributed by atoms with van der Waals surface area (Å²) < 4.78 is 42.9. The topological polar surface area (TPSA) is 58.2 Å². The number of alkyl halides is 3. The Morgan fingerprint density at radius 2 is 2.00 bits per heavy atom. The van der Waals surface area contributed by atoms with Crippen LogP contribution in [0, 0.1) is 0 Å². The number of aromatic amines is 1. The van der Waals surface area contributed by atoms with Crippen molar-refractivity contribution in [3.8, 4) is 0 Å². The van der Waals surface area contributed by atoms with Crippen LogP contribution in [0.1, 0.15) is 35.4 Å². The zero-order valence-electron chi connectivity index (χ0n) is 10.7. The van der Waals surface area contributed by atoms with Crippen LogP contribution in [-0.2, 0) is 10.9 Å². The number of rotatable bonds is 1. The molecule has 2 aliphatic heterocycles. The van der Waals surface area contributed by atoms with Gasteiger partial charge in [0.1, 0.15) is 5.69 Å². The maximum Gasteiger partial charge on any atom is 0.432 e. The largest absolute Gasteiger partial charge is 0.432 e. The SMILES string of the molecule is O=C(c1cc(C(F)(F)F)[nH]n1)N1CCC2(CCO2)CC1. The van der Waals surface area contributed by atoms with Gasteiger partial charge < -0.3 is 9.64 Å². The summed E-state index contributed by atoms with van der Waals surface area (Å²) >= 11 is 0. The van der Waals surface area contributed by atoms with E-state index in [1.165, 1.54) is 4.90 Å². The summed E-state index contributed by atoms with van der Waals surface area (Å²) in [4.78, 5) is 13.6. The molecule has 0 bridgehead atoms. The van der Waals surface area contributed by atoms with Gasteiger partial charge in [-0.2, -0.15) is 18.3 Å². The fourth-order valence-corrected chi connectivity index (χ4v) is 2.64. The van der Waals surface area contributed by atoms with Crippen LogP contribution >= 0.6 is 0 Å². The molecule has 0 radical (unpaired) electrons. The van der Waals surface area contributed by atoms with Crippen LogP contribution in [0.15, 0.2) is 6.07 Å². The molecule has 2 aliphatic rings. The molecule has 1 amide bonds. The number of likely N-dealkylation sites (tertiary alicyclic amines) is 1. The van der Waals surface area contributed by atoms with Gasteiger partial charge in [-0.1, -0.05) is 0 Å². The van der Waals surface area contributed by atoms with E-state index in [0.717, 1.165) is 31.9 Å². The van der Waals surface area contributed by atoms with Gasteiger partial charge >= 0.3 is 6.18 Å². The first-order chi connectivity index (χ1) is 9.40. The molecule has 3 heterocycles. The Labute approximate surface area is 113 Å². The van der Waals surface area contributed by atoms with Gasteiger partial charge in [0.15, 0.2) is 5.69 Å². The lowest BCUT2D eigenvalue weighted by Gasteiger charge is -2.47. The summed E-state index contributed by atoms with van der Waals surface area (Å²) in [6.07, 6.45) is -2.06. The second-order valence-corrected chi connectivity index (χ2v) is 5.24. The van der Waals surface area contributed by atoms with Gasteiger partial charge in [0, 0.05) is 19.2 Å². The van der Waals surface area contributed by atoms with E-state index in [0.29, 0.717) is 13.1 Å². The monoisotopic (exact) mass is 289 g/mol. The summed E-state index contributed by atoms with van der Waals surface area (Å²) in [7, 11) is 0. The van der Waals surface area contributed by atoms with Crippen molar-refractivity contribution in [2.24, 2.45) is 0 Å². The number of ether oxygens (including phenoxy) is 1. The second-order valence-electron chi connectivity index (χ2n) is 5.24. The lowest BCUT2D eigenvalue weighted by atomic mass is 9.84. The Kier molecular flexibility index (Phi) is 3.00. The third kappa shape index (κ3) is 2.28. The Morgan fingerprint density at radius 3 is 2.45 bits per heavy atom. The van der Waals surface area contributed by atoms with Crippen molar-refractivity contribution in [2.45, 2.75) is 31.0 Å². The number of nitrogens with zero attached hydrogens (tertiary/aromatic N) is 2. The Hall–Kier alpha value is -1.57. The molecule has 0 aliphatic carbocycles. The first-order valence-corrected chi connectivity index (χ1v) is 6.46. The molecule has 1 N–H and O–H groups in total. The maximum absolute atomic E-state index is 12.4. The highest BCUT2D eigenvalue weighted by molar-refractivity contribution is 5.92. The predicted molar refractivity (Wildman–Crippen MR) is 62.0 cm³/mol. The fraction of sp³-hybridized carbons (Fsp3) is 0.667. The maximum atomic E-state index is 12.4. The predicted octanol–water partition coefficient (Wildman–Crippen LogP) is 1.82. The van der Waals surface area contributed by atoms with Crippen molar-refractivity contribution in [1.82, 2.24) is 15.1 Å². The van der Waals surface area contributed by atoms with Crippen LogP contribution in [0.3, 0.4) is 0 Å².